The van der Waals surface area contributed by atoms with Crippen molar-refractivity contribution < 1.29 is 50.1 Å². The molecule has 2 amide bonds. The van der Waals surface area contributed by atoms with E-state index in [2.05, 4.69) is 16.7 Å². The minimum absolute atomic E-state index is 0.193. The van der Waals surface area contributed by atoms with E-state index in [0.717, 1.165) is 57.3 Å². The van der Waals surface area contributed by atoms with Crippen LogP contribution in [0.2, 0.25) is 5.02 Å². The van der Waals surface area contributed by atoms with Crippen LogP contribution in [0, 0.1) is 5.82 Å². The van der Waals surface area contributed by atoms with Crippen molar-refractivity contribution in [2.24, 2.45) is 0 Å². The summed E-state index contributed by atoms with van der Waals surface area (Å²) in [6.45, 7) is 6.29. The van der Waals surface area contributed by atoms with Crippen LogP contribution in [0.4, 0.5) is 23.7 Å². The predicted molar refractivity (Wildman–Crippen MR) is 194 cm³/mol. The fourth-order valence-electron chi connectivity index (χ4n) is 7.41. The molecule has 54 heavy (non-hydrogen) atoms. The van der Waals surface area contributed by atoms with Crippen molar-refractivity contribution in [2.45, 2.75) is 49.2 Å². The molecule has 0 radical (unpaired) electrons. The summed E-state index contributed by atoms with van der Waals surface area (Å²) >= 11 is 6.20. The Morgan fingerprint density at radius 3 is 2.30 bits per heavy atom. The summed E-state index contributed by atoms with van der Waals surface area (Å²) < 4.78 is 94.1. The Morgan fingerprint density at radius 2 is 1.65 bits per heavy atom. The van der Waals surface area contributed by atoms with Crippen molar-refractivity contribution >= 4 is 39.3 Å². The fraction of sp³-hybridized carbons (Fsp3) is 0.459. The first-order chi connectivity index (χ1) is 25.8. The molecule has 0 spiro atoms. The summed E-state index contributed by atoms with van der Waals surface area (Å²) in [7, 11) is -2.37. The molecule has 0 N–H and O–H groups in total. The van der Waals surface area contributed by atoms with Gasteiger partial charge in [-0.25, -0.2) is 26.4 Å². The number of nitrogens with zero attached hydrogens (tertiary/aromatic N) is 4. The van der Waals surface area contributed by atoms with Gasteiger partial charge in [0, 0.05) is 56.9 Å². The molecule has 3 aromatic rings. The molecule has 0 aromatic heterocycles. The van der Waals surface area contributed by atoms with Crippen molar-refractivity contribution in [3.05, 3.63) is 76.6 Å². The number of benzene rings is 3. The minimum atomic E-state index is -4.96. The standard InChI is InChI=1S/C37H42ClF3N4O8S/c1-4-13-42-16-18-43(19-17-42)24-11-14-44(15-12-24)36(47)53-37(26-7-5-6-8-31(26)52-23-34(40)41)27-21-29(39)28(38)22-30(27)45(35(37)46)54(48,49)33-10-9-25(50-2)20-32(33)51-3/h5-10,20-22,24,34H,4,11-19,23H2,1-3H3. The van der Waals surface area contributed by atoms with Gasteiger partial charge in [-0.2, -0.15) is 4.31 Å². The SMILES string of the molecule is CCCN1CCN(C2CCN(C(=O)OC3(c4ccccc4OCC(F)F)C(=O)N(S(=O)(=O)c4ccc(OC)cc4OC)c4cc(Cl)c(F)cc43)CC2)CC1. The number of piperazine rings is 1. The highest BCUT2D eigenvalue weighted by atomic mass is 35.5. The third-order valence-electron chi connectivity index (χ3n) is 10.1. The third-order valence-corrected chi connectivity index (χ3v) is 12.1. The Kier molecular flexibility index (Phi) is 11.9. The average Bonchev–Trinajstić information content (AvgIpc) is 3.41. The number of hydrogen-bond donors (Lipinski definition) is 0. The number of para-hydroxylation sites is 1. The van der Waals surface area contributed by atoms with Gasteiger partial charge in [-0.05, 0) is 56.1 Å². The Hall–Kier alpha value is -4.25. The monoisotopic (exact) mass is 794 g/mol. The zero-order valence-electron chi connectivity index (χ0n) is 30.1. The Balaban J connectivity index is 1.42. The highest BCUT2D eigenvalue weighted by Crippen LogP contribution is 2.53. The second-order valence-electron chi connectivity index (χ2n) is 13.2. The van der Waals surface area contributed by atoms with Gasteiger partial charge in [0.2, 0.25) is 5.60 Å². The van der Waals surface area contributed by atoms with Crippen LogP contribution in [0.15, 0.2) is 59.5 Å². The van der Waals surface area contributed by atoms with Gasteiger partial charge < -0.3 is 28.7 Å². The molecule has 1 atom stereocenters. The van der Waals surface area contributed by atoms with Crippen LogP contribution in [0.5, 0.6) is 17.2 Å². The number of piperidine rings is 1. The molecule has 2 fully saturated rings. The summed E-state index contributed by atoms with van der Waals surface area (Å²) in [4.78, 5) is 35.1. The number of alkyl halides is 2. The van der Waals surface area contributed by atoms with Gasteiger partial charge in [0.05, 0.1) is 30.5 Å². The lowest BCUT2D eigenvalue weighted by molar-refractivity contribution is -0.132. The summed E-state index contributed by atoms with van der Waals surface area (Å²) in [5, 5.41) is -0.537. The number of likely N-dealkylation sites (tertiary alicyclic amines) is 1. The summed E-state index contributed by atoms with van der Waals surface area (Å²) in [6, 6.07) is 11.1. The zero-order valence-corrected chi connectivity index (χ0v) is 31.7. The molecule has 2 saturated heterocycles. The van der Waals surface area contributed by atoms with E-state index in [-0.39, 0.29) is 41.9 Å². The number of fused-ring (bicyclic) bond motifs is 1. The fourth-order valence-corrected chi connectivity index (χ4v) is 9.15. The molecule has 12 nitrogen and oxygen atoms in total. The minimum Gasteiger partial charge on any atom is -0.497 e. The van der Waals surface area contributed by atoms with E-state index < -0.39 is 67.6 Å². The number of carbonyl (C=O) groups is 2. The number of hydrogen-bond acceptors (Lipinski definition) is 10. The molecular weight excluding hydrogens is 753 g/mol. The number of carbonyl (C=O) groups excluding carboxylic acids is 2. The predicted octanol–water partition coefficient (Wildman–Crippen LogP) is 5.75. The lowest BCUT2D eigenvalue weighted by atomic mass is 9.86. The van der Waals surface area contributed by atoms with Crippen LogP contribution in [-0.2, 0) is 25.2 Å². The van der Waals surface area contributed by atoms with Gasteiger partial charge in [0.1, 0.15) is 34.6 Å². The van der Waals surface area contributed by atoms with E-state index >= 15 is 9.18 Å². The van der Waals surface area contributed by atoms with Crippen LogP contribution in [0.25, 0.3) is 0 Å². The van der Waals surface area contributed by atoms with Crippen LogP contribution in [0.3, 0.4) is 0 Å². The molecule has 3 aromatic carbocycles. The molecule has 3 heterocycles. The van der Waals surface area contributed by atoms with Gasteiger partial charge in [-0.1, -0.05) is 36.7 Å². The van der Waals surface area contributed by atoms with Crippen molar-refractivity contribution in [1.82, 2.24) is 14.7 Å². The number of methoxy groups -OCH3 is 2. The second kappa shape index (κ2) is 16.2. The number of sulfonamides is 1. The van der Waals surface area contributed by atoms with Crippen molar-refractivity contribution in [2.75, 3.05) is 70.9 Å². The summed E-state index contributed by atoms with van der Waals surface area (Å²) in [5.74, 6) is -2.68. The highest BCUT2D eigenvalue weighted by Gasteiger charge is 2.61. The van der Waals surface area contributed by atoms with Gasteiger partial charge in [0.15, 0.2) is 0 Å². The lowest BCUT2D eigenvalue weighted by Gasteiger charge is -2.43. The zero-order chi connectivity index (χ0) is 38.8. The first-order valence-electron chi connectivity index (χ1n) is 17.6. The maximum absolute atomic E-state index is 15.5. The van der Waals surface area contributed by atoms with Crippen LogP contribution in [-0.4, -0.2) is 114 Å². The van der Waals surface area contributed by atoms with Crippen LogP contribution in [0.1, 0.15) is 37.3 Å². The highest BCUT2D eigenvalue weighted by molar-refractivity contribution is 7.93. The number of rotatable bonds is 12. The lowest BCUT2D eigenvalue weighted by Crippen LogP contribution is -2.54. The maximum Gasteiger partial charge on any atom is 0.411 e. The van der Waals surface area contributed by atoms with E-state index in [1.807, 2.05) is 0 Å². The molecule has 3 aliphatic rings. The molecule has 292 valence electrons. The summed E-state index contributed by atoms with van der Waals surface area (Å²) in [6.07, 6.45) is -1.64. The van der Waals surface area contributed by atoms with E-state index in [9.17, 15) is 22.0 Å². The maximum atomic E-state index is 15.5. The number of anilines is 1. The second-order valence-corrected chi connectivity index (χ2v) is 15.4. The normalized spacial score (nSPS) is 20.0. The van der Waals surface area contributed by atoms with Gasteiger partial charge in [0.25, 0.3) is 22.4 Å². The Morgan fingerprint density at radius 1 is 0.944 bits per heavy atom. The molecule has 1 unspecified atom stereocenters. The van der Waals surface area contributed by atoms with Crippen molar-refractivity contribution in [3.63, 3.8) is 0 Å². The van der Waals surface area contributed by atoms with Gasteiger partial charge in [-0.15, -0.1) is 0 Å². The molecule has 3 aliphatic heterocycles. The molecule has 17 heteroatoms. The van der Waals surface area contributed by atoms with E-state index in [1.54, 1.807) is 0 Å². The molecule has 0 bridgehead atoms. The smallest absolute Gasteiger partial charge is 0.411 e. The first kappa shape index (κ1) is 39.4. The Bertz CT molecular complexity index is 1980. The molecule has 0 saturated carbocycles. The average molecular weight is 795 g/mol. The van der Waals surface area contributed by atoms with E-state index in [0.29, 0.717) is 17.1 Å². The van der Waals surface area contributed by atoms with Gasteiger partial charge in [-0.3, -0.25) is 9.69 Å². The number of ether oxygens (including phenoxy) is 4. The van der Waals surface area contributed by atoms with Crippen molar-refractivity contribution in [3.8, 4) is 17.2 Å². The van der Waals surface area contributed by atoms with E-state index in [1.165, 1.54) is 55.5 Å². The summed E-state index contributed by atoms with van der Waals surface area (Å²) in [5.41, 5.74) is -3.88. The van der Waals surface area contributed by atoms with Crippen LogP contribution < -0.4 is 18.5 Å². The Labute approximate surface area is 317 Å². The largest absolute Gasteiger partial charge is 0.497 e. The van der Waals surface area contributed by atoms with E-state index in [4.69, 9.17) is 30.5 Å². The van der Waals surface area contributed by atoms with Crippen molar-refractivity contribution in [1.29, 1.82) is 0 Å². The molecule has 6 rings (SSSR count). The topological polar surface area (TPSA) is 118 Å². The van der Waals surface area contributed by atoms with Crippen LogP contribution >= 0.6 is 11.6 Å². The quantitative estimate of drug-likeness (QED) is 0.225. The number of amides is 2. The molecule has 0 aliphatic carbocycles. The van der Waals surface area contributed by atoms with Gasteiger partial charge >= 0.3 is 6.09 Å². The first-order valence-corrected chi connectivity index (χ1v) is 19.4. The molecular formula is C37H42ClF3N4O8S. The third kappa shape index (κ3) is 7.40. The number of halogens is 4.